The van der Waals surface area contributed by atoms with Crippen molar-refractivity contribution < 1.29 is 4.74 Å². The molecule has 2 nitrogen and oxygen atoms in total. The lowest BCUT2D eigenvalue weighted by molar-refractivity contribution is 0.146. The minimum atomic E-state index is 0.0555. The van der Waals surface area contributed by atoms with E-state index in [1.54, 1.807) is 7.11 Å². The number of nitrogens with two attached hydrogens (primary N) is 1. The van der Waals surface area contributed by atoms with Crippen LogP contribution in [0.4, 0.5) is 0 Å². The number of hydrogen-bond donors (Lipinski definition) is 1. The SMILES string of the molecule is COCC(C)(C)c1cccc(CN)c1. The number of ether oxygens (including phenoxy) is 1. The first-order valence-electron chi connectivity index (χ1n) is 4.88. The Morgan fingerprint density at radius 1 is 1.36 bits per heavy atom. The fourth-order valence-corrected chi connectivity index (χ4v) is 1.56. The molecule has 0 heterocycles. The van der Waals surface area contributed by atoms with E-state index in [2.05, 4.69) is 32.0 Å². The molecule has 78 valence electrons. The number of rotatable bonds is 4. The molecule has 0 unspecified atom stereocenters. The summed E-state index contributed by atoms with van der Waals surface area (Å²) < 4.78 is 5.20. The molecule has 1 aromatic carbocycles. The third-order valence-electron chi connectivity index (χ3n) is 2.45. The van der Waals surface area contributed by atoms with Crippen molar-refractivity contribution in [2.45, 2.75) is 25.8 Å². The van der Waals surface area contributed by atoms with Crippen LogP contribution in [0.3, 0.4) is 0 Å². The minimum absolute atomic E-state index is 0.0555. The molecule has 0 radical (unpaired) electrons. The zero-order valence-electron chi connectivity index (χ0n) is 9.21. The van der Waals surface area contributed by atoms with E-state index in [4.69, 9.17) is 10.5 Å². The van der Waals surface area contributed by atoms with Gasteiger partial charge in [-0.2, -0.15) is 0 Å². The van der Waals surface area contributed by atoms with Crippen LogP contribution in [-0.4, -0.2) is 13.7 Å². The van der Waals surface area contributed by atoms with Gasteiger partial charge in [-0.15, -0.1) is 0 Å². The van der Waals surface area contributed by atoms with E-state index < -0.39 is 0 Å². The summed E-state index contributed by atoms with van der Waals surface area (Å²) in [5, 5.41) is 0. The molecule has 0 spiro atoms. The summed E-state index contributed by atoms with van der Waals surface area (Å²) in [6.45, 7) is 5.66. The first kappa shape index (κ1) is 11.2. The Morgan fingerprint density at radius 2 is 2.07 bits per heavy atom. The average molecular weight is 193 g/mol. The van der Waals surface area contributed by atoms with Gasteiger partial charge in [0.15, 0.2) is 0 Å². The molecule has 0 bridgehead atoms. The number of hydrogen-bond acceptors (Lipinski definition) is 2. The minimum Gasteiger partial charge on any atom is -0.384 e. The van der Waals surface area contributed by atoms with Crippen LogP contribution in [0.15, 0.2) is 24.3 Å². The zero-order chi connectivity index (χ0) is 10.6. The molecule has 0 atom stereocenters. The molecule has 0 amide bonds. The second-order valence-electron chi connectivity index (χ2n) is 4.22. The molecule has 0 aliphatic heterocycles. The smallest absolute Gasteiger partial charge is 0.0553 e. The van der Waals surface area contributed by atoms with Crippen LogP contribution in [-0.2, 0) is 16.7 Å². The van der Waals surface area contributed by atoms with Gasteiger partial charge in [0.1, 0.15) is 0 Å². The highest BCUT2D eigenvalue weighted by Crippen LogP contribution is 2.23. The summed E-state index contributed by atoms with van der Waals surface area (Å²) in [5.41, 5.74) is 8.11. The van der Waals surface area contributed by atoms with Gasteiger partial charge in [0.2, 0.25) is 0 Å². The molecule has 0 fully saturated rings. The predicted molar refractivity (Wildman–Crippen MR) is 59.2 cm³/mol. The van der Waals surface area contributed by atoms with Gasteiger partial charge in [-0.05, 0) is 11.1 Å². The highest BCUT2D eigenvalue weighted by atomic mass is 16.5. The molecule has 1 aromatic rings. The fraction of sp³-hybridized carbons (Fsp3) is 0.500. The van der Waals surface area contributed by atoms with Crippen molar-refractivity contribution in [2.24, 2.45) is 5.73 Å². The highest BCUT2D eigenvalue weighted by molar-refractivity contribution is 5.29. The summed E-state index contributed by atoms with van der Waals surface area (Å²) in [6, 6.07) is 8.37. The van der Waals surface area contributed by atoms with E-state index >= 15 is 0 Å². The van der Waals surface area contributed by atoms with Crippen molar-refractivity contribution in [3.05, 3.63) is 35.4 Å². The third kappa shape index (κ3) is 2.56. The second kappa shape index (κ2) is 4.58. The highest BCUT2D eigenvalue weighted by Gasteiger charge is 2.20. The Labute approximate surface area is 86.1 Å². The molecule has 1 rings (SSSR count). The second-order valence-corrected chi connectivity index (χ2v) is 4.22. The predicted octanol–water partition coefficient (Wildman–Crippen LogP) is 2.07. The van der Waals surface area contributed by atoms with Crippen molar-refractivity contribution in [1.29, 1.82) is 0 Å². The molecular formula is C12H19NO. The first-order valence-corrected chi connectivity index (χ1v) is 4.88. The maximum atomic E-state index is 5.60. The maximum absolute atomic E-state index is 5.60. The number of benzene rings is 1. The zero-order valence-corrected chi connectivity index (χ0v) is 9.21. The molecule has 2 heteroatoms. The maximum Gasteiger partial charge on any atom is 0.0553 e. The fourth-order valence-electron chi connectivity index (χ4n) is 1.56. The van der Waals surface area contributed by atoms with E-state index in [9.17, 15) is 0 Å². The lowest BCUT2D eigenvalue weighted by Gasteiger charge is -2.24. The first-order chi connectivity index (χ1) is 6.60. The van der Waals surface area contributed by atoms with Gasteiger partial charge in [-0.3, -0.25) is 0 Å². The van der Waals surface area contributed by atoms with Crippen LogP contribution < -0.4 is 5.73 Å². The van der Waals surface area contributed by atoms with Crippen molar-refractivity contribution in [3.8, 4) is 0 Å². The Kier molecular flexibility index (Phi) is 3.67. The van der Waals surface area contributed by atoms with E-state index in [1.807, 2.05) is 6.07 Å². The Hall–Kier alpha value is -0.860. The van der Waals surface area contributed by atoms with Crippen molar-refractivity contribution in [2.75, 3.05) is 13.7 Å². The van der Waals surface area contributed by atoms with Crippen molar-refractivity contribution >= 4 is 0 Å². The van der Waals surface area contributed by atoms with Gasteiger partial charge in [0.25, 0.3) is 0 Å². The third-order valence-corrected chi connectivity index (χ3v) is 2.45. The summed E-state index contributed by atoms with van der Waals surface area (Å²) >= 11 is 0. The van der Waals surface area contributed by atoms with Crippen molar-refractivity contribution in [3.63, 3.8) is 0 Å². The molecular weight excluding hydrogens is 174 g/mol. The van der Waals surface area contributed by atoms with Crippen LogP contribution >= 0.6 is 0 Å². The summed E-state index contributed by atoms with van der Waals surface area (Å²) in [7, 11) is 1.73. The van der Waals surface area contributed by atoms with Crippen LogP contribution in [0, 0.1) is 0 Å². The average Bonchev–Trinajstić information content (AvgIpc) is 2.18. The Balaban J connectivity index is 2.93. The Morgan fingerprint density at radius 3 is 2.64 bits per heavy atom. The monoisotopic (exact) mass is 193 g/mol. The van der Waals surface area contributed by atoms with Gasteiger partial charge in [-0.25, -0.2) is 0 Å². The summed E-state index contributed by atoms with van der Waals surface area (Å²) in [5.74, 6) is 0. The van der Waals surface area contributed by atoms with Crippen LogP contribution in [0.2, 0.25) is 0 Å². The van der Waals surface area contributed by atoms with Crippen molar-refractivity contribution in [1.82, 2.24) is 0 Å². The quantitative estimate of drug-likeness (QED) is 0.794. The number of methoxy groups -OCH3 is 1. The van der Waals surface area contributed by atoms with Gasteiger partial charge >= 0.3 is 0 Å². The lowest BCUT2D eigenvalue weighted by Crippen LogP contribution is -2.23. The molecule has 0 aliphatic rings. The van der Waals surface area contributed by atoms with E-state index in [1.165, 1.54) is 11.1 Å². The van der Waals surface area contributed by atoms with Gasteiger partial charge in [0.05, 0.1) is 6.61 Å². The van der Waals surface area contributed by atoms with Gasteiger partial charge < -0.3 is 10.5 Å². The Bertz CT molecular complexity index is 294. The largest absolute Gasteiger partial charge is 0.384 e. The van der Waals surface area contributed by atoms with Crippen LogP contribution in [0.25, 0.3) is 0 Å². The molecule has 0 aromatic heterocycles. The normalized spacial score (nSPS) is 11.7. The molecule has 14 heavy (non-hydrogen) atoms. The standard InChI is InChI=1S/C12H19NO/c1-12(2,9-14-3)11-6-4-5-10(7-11)8-13/h4-7H,8-9,13H2,1-3H3. The van der Waals surface area contributed by atoms with Crippen LogP contribution in [0.5, 0.6) is 0 Å². The summed E-state index contributed by atoms with van der Waals surface area (Å²) in [6.07, 6.45) is 0. The summed E-state index contributed by atoms with van der Waals surface area (Å²) in [4.78, 5) is 0. The van der Waals surface area contributed by atoms with Crippen LogP contribution in [0.1, 0.15) is 25.0 Å². The van der Waals surface area contributed by atoms with Gasteiger partial charge in [-0.1, -0.05) is 38.1 Å². The molecule has 0 saturated heterocycles. The molecule has 0 saturated carbocycles. The topological polar surface area (TPSA) is 35.2 Å². The van der Waals surface area contributed by atoms with Gasteiger partial charge in [0, 0.05) is 19.1 Å². The molecule has 0 aliphatic carbocycles. The van der Waals surface area contributed by atoms with E-state index in [0.29, 0.717) is 6.54 Å². The lowest BCUT2D eigenvalue weighted by atomic mass is 9.85. The van der Waals surface area contributed by atoms with E-state index in [-0.39, 0.29) is 5.41 Å². The van der Waals surface area contributed by atoms with E-state index in [0.717, 1.165) is 6.61 Å². The molecule has 2 N–H and O–H groups in total.